The van der Waals surface area contributed by atoms with Gasteiger partial charge in [-0.15, -0.1) is 0 Å². The molecule has 0 spiro atoms. The topological polar surface area (TPSA) is 37.3 Å². The van der Waals surface area contributed by atoms with Crippen LogP contribution in [0.4, 0.5) is 13.2 Å². The predicted octanol–water partition coefficient (Wildman–Crippen LogP) is 3.78. The number of carboxylic acid groups (broad SMARTS) is 1. The van der Waals surface area contributed by atoms with Crippen LogP contribution in [0.1, 0.15) is 15.9 Å². The van der Waals surface area contributed by atoms with Gasteiger partial charge in [0.15, 0.2) is 17.5 Å². The fourth-order valence-corrected chi connectivity index (χ4v) is 1.78. The molecule has 0 unspecified atom stereocenters. The molecule has 2 rings (SSSR count). The highest BCUT2D eigenvalue weighted by Gasteiger charge is 2.14. The minimum absolute atomic E-state index is 0.00857. The van der Waals surface area contributed by atoms with Gasteiger partial charge in [0, 0.05) is 0 Å². The molecule has 0 aliphatic rings. The number of hydrogen-bond donors (Lipinski definition) is 1. The number of aromatic carboxylic acids is 1. The summed E-state index contributed by atoms with van der Waals surface area (Å²) in [5.41, 5.74) is 1.07. The van der Waals surface area contributed by atoms with Gasteiger partial charge in [-0.05, 0) is 47.9 Å². The van der Waals surface area contributed by atoms with E-state index in [4.69, 9.17) is 5.11 Å². The molecule has 19 heavy (non-hydrogen) atoms. The van der Waals surface area contributed by atoms with Crippen molar-refractivity contribution in [1.82, 2.24) is 0 Å². The quantitative estimate of drug-likeness (QED) is 0.840. The largest absolute Gasteiger partial charge is 0.478 e. The second-order valence-corrected chi connectivity index (χ2v) is 4.09. The fourth-order valence-electron chi connectivity index (χ4n) is 1.78. The maximum absolute atomic E-state index is 13.2. The van der Waals surface area contributed by atoms with Crippen LogP contribution in [0.2, 0.25) is 0 Å². The van der Waals surface area contributed by atoms with Gasteiger partial charge in [0.25, 0.3) is 0 Å². The molecule has 0 saturated heterocycles. The molecule has 0 aliphatic heterocycles. The van der Waals surface area contributed by atoms with E-state index in [0.717, 1.165) is 12.1 Å². The lowest BCUT2D eigenvalue weighted by molar-refractivity contribution is 0.0697. The molecule has 0 aromatic heterocycles. The Morgan fingerprint density at radius 2 is 1.63 bits per heavy atom. The zero-order valence-corrected chi connectivity index (χ0v) is 9.88. The van der Waals surface area contributed by atoms with Crippen molar-refractivity contribution >= 4 is 5.97 Å². The molecule has 0 atom stereocenters. The zero-order chi connectivity index (χ0) is 14.2. The number of hydrogen-bond acceptors (Lipinski definition) is 1. The molecule has 5 heteroatoms. The number of halogens is 3. The lowest BCUT2D eigenvalue weighted by Gasteiger charge is -2.08. The molecule has 0 bridgehead atoms. The van der Waals surface area contributed by atoms with Gasteiger partial charge in [0.2, 0.25) is 0 Å². The van der Waals surface area contributed by atoms with Crippen LogP contribution in [-0.4, -0.2) is 11.1 Å². The number of carbonyl (C=O) groups is 1. The number of rotatable bonds is 2. The Labute approximate surface area is 107 Å². The van der Waals surface area contributed by atoms with Gasteiger partial charge >= 0.3 is 5.97 Å². The SMILES string of the molecule is Cc1ccc(C(=O)O)cc1-c1cc(F)c(F)c(F)c1. The molecular formula is C14H9F3O2. The number of benzene rings is 2. The number of carboxylic acids is 1. The van der Waals surface area contributed by atoms with Gasteiger partial charge in [0.1, 0.15) is 0 Å². The molecular weight excluding hydrogens is 257 g/mol. The summed E-state index contributed by atoms with van der Waals surface area (Å²) in [6.07, 6.45) is 0. The highest BCUT2D eigenvalue weighted by Crippen LogP contribution is 2.27. The standard InChI is InChI=1S/C14H9F3O2/c1-7-2-3-8(14(18)19)4-10(7)9-5-11(15)13(17)12(16)6-9/h2-6H,1H3,(H,18,19). The van der Waals surface area contributed by atoms with Crippen molar-refractivity contribution in [2.45, 2.75) is 6.92 Å². The van der Waals surface area contributed by atoms with E-state index in [-0.39, 0.29) is 11.1 Å². The lowest BCUT2D eigenvalue weighted by Crippen LogP contribution is -1.98. The van der Waals surface area contributed by atoms with E-state index in [0.29, 0.717) is 11.1 Å². The highest BCUT2D eigenvalue weighted by atomic mass is 19.2. The molecule has 1 N–H and O–H groups in total. The first-order chi connectivity index (χ1) is 8.90. The zero-order valence-electron chi connectivity index (χ0n) is 9.88. The highest BCUT2D eigenvalue weighted by molar-refractivity contribution is 5.90. The first kappa shape index (κ1) is 13.1. The van der Waals surface area contributed by atoms with E-state index < -0.39 is 23.4 Å². The van der Waals surface area contributed by atoms with Crippen LogP contribution >= 0.6 is 0 Å². The average Bonchev–Trinajstić information content (AvgIpc) is 2.35. The first-order valence-corrected chi connectivity index (χ1v) is 5.39. The van der Waals surface area contributed by atoms with Gasteiger partial charge in [-0.3, -0.25) is 0 Å². The van der Waals surface area contributed by atoms with E-state index in [1.807, 2.05) is 0 Å². The van der Waals surface area contributed by atoms with Gasteiger partial charge in [0.05, 0.1) is 5.56 Å². The molecule has 98 valence electrons. The Morgan fingerprint density at radius 1 is 1.05 bits per heavy atom. The van der Waals surface area contributed by atoms with Crippen LogP contribution < -0.4 is 0 Å². The Kier molecular flexibility index (Phi) is 3.29. The summed E-state index contributed by atoms with van der Waals surface area (Å²) in [6.45, 7) is 1.67. The smallest absolute Gasteiger partial charge is 0.335 e. The Hall–Kier alpha value is -2.30. The maximum Gasteiger partial charge on any atom is 0.335 e. The number of aryl methyl sites for hydroxylation is 1. The van der Waals surface area contributed by atoms with Crippen molar-refractivity contribution in [2.75, 3.05) is 0 Å². The Bertz CT molecular complexity index is 643. The third-order valence-electron chi connectivity index (χ3n) is 2.78. The molecule has 0 radical (unpaired) electrons. The van der Waals surface area contributed by atoms with Gasteiger partial charge in [-0.1, -0.05) is 6.07 Å². The summed E-state index contributed by atoms with van der Waals surface area (Å²) in [7, 11) is 0. The maximum atomic E-state index is 13.2. The molecule has 0 fully saturated rings. The Balaban J connectivity index is 2.64. The molecule has 0 heterocycles. The average molecular weight is 266 g/mol. The second kappa shape index (κ2) is 4.76. The Morgan fingerprint density at radius 3 is 2.16 bits per heavy atom. The van der Waals surface area contributed by atoms with Crippen LogP contribution in [-0.2, 0) is 0 Å². The summed E-state index contributed by atoms with van der Waals surface area (Å²) in [4.78, 5) is 10.9. The van der Waals surface area contributed by atoms with Crippen LogP contribution in [0.15, 0.2) is 30.3 Å². The van der Waals surface area contributed by atoms with E-state index in [9.17, 15) is 18.0 Å². The minimum atomic E-state index is -1.55. The van der Waals surface area contributed by atoms with Gasteiger partial charge in [-0.2, -0.15) is 0 Å². The molecule has 0 amide bonds. The van der Waals surface area contributed by atoms with Crippen LogP contribution in [0.5, 0.6) is 0 Å². The van der Waals surface area contributed by atoms with E-state index in [2.05, 4.69) is 0 Å². The van der Waals surface area contributed by atoms with Crippen LogP contribution in [0.3, 0.4) is 0 Å². The van der Waals surface area contributed by atoms with Gasteiger partial charge in [-0.25, -0.2) is 18.0 Å². The molecule has 0 saturated carbocycles. The lowest BCUT2D eigenvalue weighted by atomic mass is 9.98. The van der Waals surface area contributed by atoms with Crippen molar-refractivity contribution in [3.63, 3.8) is 0 Å². The molecule has 2 aromatic rings. The summed E-state index contributed by atoms with van der Waals surface area (Å²) < 4.78 is 39.3. The first-order valence-electron chi connectivity index (χ1n) is 5.39. The monoisotopic (exact) mass is 266 g/mol. The predicted molar refractivity (Wildman–Crippen MR) is 63.4 cm³/mol. The van der Waals surface area contributed by atoms with Crippen LogP contribution in [0, 0.1) is 24.4 Å². The molecule has 2 nitrogen and oxygen atoms in total. The van der Waals surface area contributed by atoms with Crippen LogP contribution in [0.25, 0.3) is 11.1 Å². The van der Waals surface area contributed by atoms with Gasteiger partial charge < -0.3 is 5.11 Å². The van der Waals surface area contributed by atoms with Crippen molar-refractivity contribution in [3.05, 3.63) is 58.9 Å². The van der Waals surface area contributed by atoms with E-state index in [1.165, 1.54) is 18.2 Å². The fraction of sp³-hybridized carbons (Fsp3) is 0.0714. The van der Waals surface area contributed by atoms with Crippen molar-refractivity contribution < 1.29 is 23.1 Å². The normalized spacial score (nSPS) is 10.5. The summed E-state index contributed by atoms with van der Waals surface area (Å²) >= 11 is 0. The second-order valence-electron chi connectivity index (χ2n) is 4.09. The van der Waals surface area contributed by atoms with Crippen molar-refractivity contribution in [2.24, 2.45) is 0 Å². The van der Waals surface area contributed by atoms with E-state index in [1.54, 1.807) is 6.92 Å². The minimum Gasteiger partial charge on any atom is -0.478 e. The van der Waals surface area contributed by atoms with Crippen molar-refractivity contribution in [3.8, 4) is 11.1 Å². The summed E-state index contributed by atoms with van der Waals surface area (Å²) in [6, 6.07) is 5.89. The third kappa shape index (κ3) is 2.45. The summed E-state index contributed by atoms with van der Waals surface area (Å²) in [5, 5.41) is 8.89. The summed E-state index contributed by atoms with van der Waals surface area (Å²) in [5.74, 6) is -5.31. The molecule has 0 aliphatic carbocycles. The van der Waals surface area contributed by atoms with E-state index >= 15 is 0 Å². The third-order valence-corrected chi connectivity index (χ3v) is 2.78. The van der Waals surface area contributed by atoms with Crippen molar-refractivity contribution in [1.29, 1.82) is 0 Å². The molecule has 2 aromatic carbocycles.